The number of hydrogen-bond donors (Lipinski definition) is 0. The summed E-state index contributed by atoms with van der Waals surface area (Å²) in [5.74, 6) is -0.614. The first-order chi connectivity index (χ1) is 12.5. The maximum Gasteiger partial charge on any atom is 0.417 e. The molecule has 0 amide bonds. The van der Waals surface area contributed by atoms with Crippen molar-refractivity contribution >= 4 is 32.3 Å². The fraction of sp³-hybridized carbons (Fsp3) is 0.200. The third kappa shape index (κ3) is 3.52. The van der Waals surface area contributed by atoms with Crippen molar-refractivity contribution in [2.75, 3.05) is 5.75 Å². The fourth-order valence-electron chi connectivity index (χ4n) is 2.30. The summed E-state index contributed by atoms with van der Waals surface area (Å²) in [7, 11) is -3.78. The molecular weight excluding hydrogens is 409 g/mol. The van der Waals surface area contributed by atoms with E-state index in [1.54, 1.807) is 0 Å². The van der Waals surface area contributed by atoms with Gasteiger partial charge in [-0.05, 0) is 18.2 Å². The van der Waals surface area contributed by atoms with Crippen LogP contribution < -0.4 is 5.56 Å². The fourth-order valence-corrected chi connectivity index (χ4v) is 3.44. The smallest absolute Gasteiger partial charge is 0.265 e. The summed E-state index contributed by atoms with van der Waals surface area (Å²) in [5, 5.41) is 3.53. The van der Waals surface area contributed by atoms with Crippen molar-refractivity contribution in [2.45, 2.75) is 18.0 Å². The van der Waals surface area contributed by atoms with Gasteiger partial charge < -0.3 is 0 Å². The van der Waals surface area contributed by atoms with E-state index in [1.165, 1.54) is 19.1 Å². The first-order valence-corrected chi connectivity index (χ1v) is 9.42. The van der Waals surface area contributed by atoms with Gasteiger partial charge in [0.2, 0.25) is 0 Å². The van der Waals surface area contributed by atoms with Crippen molar-refractivity contribution in [1.29, 1.82) is 0 Å². The highest BCUT2D eigenvalue weighted by Gasteiger charge is 2.31. The molecule has 142 valence electrons. The number of rotatable bonds is 3. The van der Waals surface area contributed by atoms with Gasteiger partial charge in [-0.1, -0.05) is 18.5 Å². The Morgan fingerprint density at radius 1 is 1.22 bits per heavy atom. The first kappa shape index (κ1) is 19.2. The van der Waals surface area contributed by atoms with E-state index in [0.29, 0.717) is 10.9 Å². The maximum atomic E-state index is 12.8. The summed E-state index contributed by atoms with van der Waals surface area (Å²) in [4.78, 5) is 19.8. The molecular formula is C15H10ClF3N4O3S. The van der Waals surface area contributed by atoms with Crippen molar-refractivity contribution in [3.63, 3.8) is 0 Å². The van der Waals surface area contributed by atoms with Crippen LogP contribution in [0.4, 0.5) is 13.2 Å². The molecule has 0 bridgehead atoms. The van der Waals surface area contributed by atoms with E-state index in [1.807, 2.05) is 0 Å². The lowest BCUT2D eigenvalue weighted by Gasteiger charge is -2.11. The summed E-state index contributed by atoms with van der Waals surface area (Å²) in [6, 6.07) is 3.16. The molecule has 3 aromatic heterocycles. The number of hydrogen-bond acceptors (Lipinski definition) is 6. The van der Waals surface area contributed by atoms with E-state index in [9.17, 15) is 26.4 Å². The zero-order chi connectivity index (χ0) is 20.0. The Labute approximate surface area is 155 Å². The number of nitrogens with zero attached hydrogens (tertiary/aromatic N) is 4. The van der Waals surface area contributed by atoms with E-state index in [0.717, 1.165) is 12.3 Å². The maximum absolute atomic E-state index is 12.8. The minimum absolute atomic E-state index is 0.0887. The van der Waals surface area contributed by atoms with Crippen molar-refractivity contribution in [3.8, 4) is 5.82 Å². The average Bonchev–Trinajstić information content (AvgIpc) is 2.60. The Balaban J connectivity index is 2.30. The molecule has 0 spiro atoms. The van der Waals surface area contributed by atoms with E-state index in [2.05, 4.69) is 15.1 Å². The molecule has 0 aliphatic rings. The number of aromatic nitrogens is 4. The quantitative estimate of drug-likeness (QED) is 0.607. The molecule has 0 aliphatic carbocycles. The van der Waals surface area contributed by atoms with Crippen LogP contribution in [-0.4, -0.2) is 33.9 Å². The molecule has 0 unspecified atom stereocenters. The van der Waals surface area contributed by atoms with Crippen molar-refractivity contribution in [3.05, 3.63) is 51.7 Å². The number of halogens is 4. The number of sulfone groups is 1. The Bertz CT molecular complexity index is 1210. The number of fused-ring (bicyclic) bond motifs is 1. The molecule has 0 aliphatic heterocycles. The second-order valence-corrected chi connectivity index (χ2v) is 8.01. The van der Waals surface area contributed by atoms with Crippen LogP contribution in [0.2, 0.25) is 5.15 Å². The molecule has 3 aromatic rings. The van der Waals surface area contributed by atoms with Gasteiger partial charge in [0.05, 0.1) is 17.5 Å². The van der Waals surface area contributed by atoms with Crippen molar-refractivity contribution < 1.29 is 21.6 Å². The third-order valence-electron chi connectivity index (χ3n) is 3.67. The topological polar surface area (TPSA) is 94.8 Å². The minimum Gasteiger partial charge on any atom is -0.265 e. The second kappa shape index (κ2) is 6.57. The molecule has 27 heavy (non-hydrogen) atoms. The summed E-state index contributed by atoms with van der Waals surface area (Å²) in [5.41, 5.74) is -2.28. The van der Waals surface area contributed by atoms with E-state index in [-0.39, 0.29) is 32.5 Å². The van der Waals surface area contributed by atoms with Crippen LogP contribution in [-0.2, 0) is 16.0 Å². The van der Waals surface area contributed by atoms with Crippen LogP contribution >= 0.6 is 11.6 Å². The van der Waals surface area contributed by atoms with Gasteiger partial charge >= 0.3 is 6.18 Å². The van der Waals surface area contributed by atoms with Crippen LogP contribution in [0.25, 0.3) is 16.7 Å². The molecule has 0 fully saturated rings. The van der Waals surface area contributed by atoms with Gasteiger partial charge in [-0.15, -0.1) is 0 Å². The third-order valence-corrected chi connectivity index (χ3v) is 5.63. The summed E-state index contributed by atoms with van der Waals surface area (Å²) < 4.78 is 63.6. The molecule has 3 heterocycles. The summed E-state index contributed by atoms with van der Waals surface area (Å²) in [6.07, 6.45) is -3.14. The zero-order valence-corrected chi connectivity index (χ0v) is 15.1. The molecule has 0 radical (unpaired) electrons. The molecule has 0 atom stereocenters. The van der Waals surface area contributed by atoms with Crippen LogP contribution in [0.3, 0.4) is 0 Å². The minimum atomic E-state index is -4.63. The molecule has 7 nitrogen and oxygen atoms in total. The molecule has 0 N–H and O–H groups in total. The van der Waals surface area contributed by atoms with Gasteiger partial charge in [0.25, 0.3) is 5.56 Å². The lowest BCUT2D eigenvalue weighted by atomic mass is 10.2. The predicted molar refractivity (Wildman–Crippen MR) is 90.7 cm³/mol. The Kier molecular flexibility index (Phi) is 4.68. The van der Waals surface area contributed by atoms with E-state index >= 15 is 0 Å². The number of pyridine rings is 2. The average molecular weight is 419 g/mol. The largest absolute Gasteiger partial charge is 0.417 e. The van der Waals surface area contributed by atoms with Crippen LogP contribution in [0, 0.1) is 0 Å². The first-order valence-electron chi connectivity index (χ1n) is 7.39. The Hall–Kier alpha value is -2.53. The van der Waals surface area contributed by atoms with Gasteiger partial charge in [-0.3, -0.25) is 4.79 Å². The standard InChI is InChI=1S/C15H10ClF3N4O3S/c1-2-27(25,26)10-3-4-11(16)22-13(10)23-14(24)12-8(6-21-23)5-9(7-20-12)15(17,18)19/h3-7H,2H2,1H3. The van der Waals surface area contributed by atoms with Gasteiger partial charge in [0.1, 0.15) is 15.6 Å². The van der Waals surface area contributed by atoms with E-state index in [4.69, 9.17) is 11.6 Å². The normalized spacial score (nSPS) is 12.5. The lowest BCUT2D eigenvalue weighted by Crippen LogP contribution is -2.25. The monoisotopic (exact) mass is 418 g/mol. The summed E-state index contributed by atoms with van der Waals surface area (Å²) >= 11 is 5.81. The summed E-state index contributed by atoms with van der Waals surface area (Å²) in [6.45, 7) is 1.41. The van der Waals surface area contributed by atoms with Gasteiger partial charge in [-0.2, -0.15) is 23.0 Å². The zero-order valence-electron chi connectivity index (χ0n) is 13.5. The molecule has 3 rings (SSSR count). The predicted octanol–water partition coefficient (Wildman–Crippen LogP) is 2.64. The Morgan fingerprint density at radius 3 is 2.56 bits per heavy atom. The molecule has 12 heteroatoms. The van der Waals surface area contributed by atoms with Gasteiger partial charge in [0.15, 0.2) is 15.7 Å². The van der Waals surface area contributed by atoms with Gasteiger partial charge in [-0.25, -0.2) is 18.4 Å². The van der Waals surface area contributed by atoms with Crippen LogP contribution in [0.15, 0.2) is 40.3 Å². The lowest BCUT2D eigenvalue weighted by molar-refractivity contribution is -0.137. The van der Waals surface area contributed by atoms with Crippen LogP contribution in [0.1, 0.15) is 12.5 Å². The highest BCUT2D eigenvalue weighted by Crippen LogP contribution is 2.30. The van der Waals surface area contributed by atoms with Gasteiger partial charge in [0, 0.05) is 11.6 Å². The van der Waals surface area contributed by atoms with Crippen LogP contribution in [0.5, 0.6) is 0 Å². The highest BCUT2D eigenvalue weighted by atomic mass is 35.5. The number of alkyl halides is 3. The SMILES string of the molecule is CCS(=O)(=O)c1ccc(Cl)nc1-n1ncc2cc(C(F)(F)F)cnc2c1=O. The molecule has 0 aromatic carbocycles. The highest BCUT2D eigenvalue weighted by molar-refractivity contribution is 7.91. The molecule has 0 saturated carbocycles. The van der Waals surface area contributed by atoms with E-state index < -0.39 is 27.1 Å². The van der Waals surface area contributed by atoms with Crippen molar-refractivity contribution in [1.82, 2.24) is 19.7 Å². The molecule has 0 saturated heterocycles. The second-order valence-electron chi connectivity index (χ2n) is 5.38. The Morgan fingerprint density at radius 2 is 1.93 bits per heavy atom. The van der Waals surface area contributed by atoms with Crippen molar-refractivity contribution in [2.24, 2.45) is 0 Å².